The van der Waals surface area contributed by atoms with E-state index in [-0.39, 0.29) is 29.8 Å². The molecule has 0 aromatic heterocycles. The van der Waals surface area contributed by atoms with E-state index in [1.54, 1.807) is 12.1 Å². The van der Waals surface area contributed by atoms with Crippen LogP contribution in [0.3, 0.4) is 0 Å². The first-order valence-corrected chi connectivity index (χ1v) is 7.51. The maximum Gasteiger partial charge on any atom is 0.315 e. The summed E-state index contributed by atoms with van der Waals surface area (Å²) in [5.74, 6) is -1.36. The van der Waals surface area contributed by atoms with Crippen LogP contribution in [0.2, 0.25) is 0 Å². The Morgan fingerprint density at radius 1 is 1.18 bits per heavy atom. The molecule has 0 saturated heterocycles. The van der Waals surface area contributed by atoms with Crippen molar-refractivity contribution in [2.45, 2.75) is 44.7 Å². The Hall–Kier alpha value is -2.11. The molecule has 1 atom stereocenters. The van der Waals surface area contributed by atoms with E-state index >= 15 is 0 Å². The Kier molecular flexibility index (Phi) is 5.35. The molecule has 0 heterocycles. The van der Waals surface area contributed by atoms with E-state index < -0.39 is 5.97 Å². The summed E-state index contributed by atoms with van der Waals surface area (Å²) in [5, 5.41) is 14.6. The summed E-state index contributed by atoms with van der Waals surface area (Å²) >= 11 is 0. The fourth-order valence-corrected chi connectivity index (χ4v) is 2.74. The van der Waals surface area contributed by atoms with Crippen LogP contribution < -0.4 is 10.6 Å². The van der Waals surface area contributed by atoms with E-state index in [4.69, 9.17) is 5.11 Å². The maximum atomic E-state index is 12.9. The molecule has 2 rings (SSSR count). The maximum absolute atomic E-state index is 12.9. The molecule has 5 nitrogen and oxygen atoms in total. The number of carboxylic acids is 1. The highest BCUT2D eigenvalue weighted by molar-refractivity contribution is 5.75. The van der Waals surface area contributed by atoms with E-state index in [1.807, 2.05) is 6.92 Å². The molecular formula is C16H21FN2O3. The third kappa shape index (κ3) is 4.44. The molecule has 1 aromatic rings. The molecule has 120 valence electrons. The first-order valence-electron chi connectivity index (χ1n) is 7.51. The molecule has 1 fully saturated rings. The van der Waals surface area contributed by atoms with Gasteiger partial charge in [0.25, 0.3) is 0 Å². The molecular weight excluding hydrogens is 287 g/mol. The lowest BCUT2D eigenvalue weighted by atomic mass is 9.86. The average molecular weight is 308 g/mol. The van der Waals surface area contributed by atoms with Crippen molar-refractivity contribution in [3.05, 3.63) is 35.6 Å². The number of urea groups is 1. The minimum Gasteiger partial charge on any atom is -0.481 e. The zero-order valence-corrected chi connectivity index (χ0v) is 12.5. The van der Waals surface area contributed by atoms with Crippen molar-refractivity contribution in [3.63, 3.8) is 0 Å². The molecule has 1 aliphatic carbocycles. The Morgan fingerprint density at radius 3 is 2.32 bits per heavy atom. The van der Waals surface area contributed by atoms with Crippen molar-refractivity contribution in [1.29, 1.82) is 0 Å². The lowest BCUT2D eigenvalue weighted by Gasteiger charge is -2.27. The number of aliphatic carboxylic acids is 1. The van der Waals surface area contributed by atoms with Crippen molar-refractivity contribution in [3.8, 4) is 0 Å². The first kappa shape index (κ1) is 16.3. The zero-order chi connectivity index (χ0) is 16.1. The molecule has 1 aromatic carbocycles. The number of hydrogen-bond acceptors (Lipinski definition) is 2. The predicted molar refractivity (Wildman–Crippen MR) is 79.9 cm³/mol. The lowest BCUT2D eigenvalue weighted by molar-refractivity contribution is -0.142. The van der Waals surface area contributed by atoms with Gasteiger partial charge in [0.15, 0.2) is 0 Å². The quantitative estimate of drug-likeness (QED) is 0.800. The Balaban J connectivity index is 1.78. The normalized spacial score (nSPS) is 22.6. The van der Waals surface area contributed by atoms with Crippen molar-refractivity contribution in [2.24, 2.45) is 5.92 Å². The highest BCUT2D eigenvalue weighted by Crippen LogP contribution is 2.24. The average Bonchev–Trinajstić information content (AvgIpc) is 2.48. The zero-order valence-electron chi connectivity index (χ0n) is 12.5. The van der Waals surface area contributed by atoms with Crippen LogP contribution in [-0.4, -0.2) is 23.1 Å². The van der Waals surface area contributed by atoms with Gasteiger partial charge in [-0.05, 0) is 50.3 Å². The number of carboxylic acid groups (broad SMARTS) is 1. The minimum atomic E-state index is -0.757. The number of carbonyl (C=O) groups is 2. The predicted octanol–water partition coefficient (Wildman–Crippen LogP) is 2.83. The molecule has 1 saturated carbocycles. The van der Waals surface area contributed by atoms with Crippen LogP contribution in [0.25, 0.3) is 0 Å². The molecule has 1 aliphatic rings. The summed E-state index contributed by atoms with van der Waals surface area (Å²) in [5.41, 5.74) is 0.825. The van der Waals surface area contributed by atoms with Gasteiger partial charge in [0.05, 0.1) is 12.0 Å². The molecule has 0 unspecified atom stereocenters. The molecule has 0 aliphatic heterocycles. The topological polar surface area (TPSA) is 78.4 Å². The van der Waals surface area contributed by atoms with Crippen LogP contribution in [0.4, 0.5) is 9.18 Å². The first-order chi connectivity index (χ1) is 10.5. The van der Waals surface area contributed by atoms with Crippen LogP contribution >= 0.6 is 0 Å². The number of rotatable bonds is 4. The van der Waals surface area contributed by atoms with Crippen LogP contribution in [-0.2, 0) is 4.79 Å². The van der Waals surface area contributed by atoms with Gasteiger partial charge in [-0.15, -0.1) is 0 Å². The molecule has 0 radical (unpaired) electrons. The number of hydrogen-bond donors (Lipinski definition) is 3. The standard InChI is InChI=1S/C16H21FN2O3/c1-10(11-2-6-13(17)7-3-11)18-16(22)19-14-8-4-12(5-9-14)15(20)21/h2-3,6-7,10,12,14H,4-5,8-9H2,1H3,(H,20,21)(H2,18,19,22)/t10-,12?,14?/m0/s1. The summed E-state index contributed by atoms with van der Waals surface area (Å²) in [6.45, 7) is 1.83. The monoisotopic (exact) mass is 308 g/mol. The highest BCUT2D eigenvalue weighted by atomic mass is 19.1. The fraction of sp³-hybridized carbons (Fsp3) is 0.500. The summed E-state index contributed by atoms with van der Waals surface area (Å²) in [6.07, 6.45) is 2.53. The van der Waals surface area contributed by atoms with Gasteiger partial charge in [0.2, 0.25) is 0 Å². The van der Waals surface area contributed by atoms with Gasteiger partial charge < -0.3 is 15.7 Å². The van der Waals surface area contributed by atoms with Crippen molar-refractivity contribution in [2.75, 3.05) is 0 Å². The second-order valence-electron chi connectivity index (χ2n) is 5.78. The largest absolute Gasteiger partial charge is 0.481 e. The number of carbonyl (C=O) groups excluding carboxylic acids is 1. The summed E-state index contributed by atoms with van der Waals surface area (Å²) in [4.78, 5) is 22.8. The van der Waals surface area contributed by atoms with Gasteiger partial charge in [-0.1, -0.05) is 12.1 Å². The van der Waals surface area contributed by atoms with Crippen molar-refractivity contribution < 1.29 is 19.1 Å². The van der Waals surface area contributed by atoms with Crippen LogP contribution in [0.15, 0.2) is 24.3 Å². The number of nitrogens with one attached hydrogen (secondary N) is 2. The van der Waals surface area contributed by atoms with Crippen LogP contribution in [0, 0.1) is 11.7 Å². The number of amides is 2. The van der Waals surface area contributed by atoms with E-state index in [2.05, 4.69) is 10.6 Å². The smallest absolute Gasteiger partial charge is 0.315 e. The molecule has 0 bridgehead atoms. The lowest BCUT2D eigenvalue weighted by Crippen LogP contribution is -2.44. The van der Waals surface area contributed by atoms with Gasteiger partial charge in [-0.2, -0.15) is 0 Å². The van der Waals surface area contributed by atoms with Gasteiger partial charge in [0.1, 0.15) is 5.82 Å². The van der Waals surface area contributed by atoms with Gasteiger partial charge in [-0.3, -0.25) is 4.79 Å². The Morgan fingerprint density at radius 2 is 1.77 bits per heavy atom. The van der Waals surface area contributed by atoms with E-state index in [0.717, 1.165) is 5.56 Å². The summed E-state index contributed by atoms with van der Waals surface area (Å²) in [6, 6.07) is 5.50. The van der Waals surface area contributed by atoms with E-state index in [9.17, 15) is 14.0 Å². The second kappa shape index (κ2) is 7.24. The van der Waals surface area contributed by atoms with Crippen molar-refractivity contribution >= 4 is 12.0 Å². The van der Waals surface area contributed by atoms with Crippen molar-refractivity contribution in [1.82, 2.24) is 10.6 Å². The number of benzene rings is 1. The molecule has 2 amide bonds. The minimum absolute atomic E-state index is 0.0102. The van der Waals surface area contributed by atoms with Gasteiger partial charge in [0, 0.05) is 6.04 Å². The molecule has 0 spiro atoms. The summed E-state index contributed by atoms with van der Waals surface area (Å²) in [7, 11) is 0. The second-order valence-corrected chi connectivity index (χ2v) is 5.78. The SMILES string of the molecule is C[C@H](NC(=O)NC1CCC(C(=O)O)CC1)c1ccc(F)cc1. The fourth-order valence-electron chi connectivity index (χ4n) is 2.74. The summed E-state index contributed by atoms with van der Waals surface area (Å²) < 4.78 is 12.9. The van der Waals surface area contributed by atoms with E-state index in [0.29, 0.717) is 25.7 Å². The van der Waals surface area contributed by atoms with E-state index in [1.165, 1.54) is 12.1 Å². The highest BCUT2D eigenvalue weighted by Gasteiger charge is 2.26. The Bertz CT molecular complexity index is 525. The van der Waals surface area contributed by atoms with Crippen LogP contribution in [0.1, 0.15) is 44.2 Å². The molecule has 3 N–H and O–H groups in total. The molecule has 22 heavy (non-hydrogen) atoms. The third-order valence-corrected chi connectivity index (χ3v) is 4.13. The third-order valence-electron chi connectivity index (χ3n) is 4.13. The molecule has 6 heteroatoms. The Labute approximate surface area is 128 Å². The number of halogens is 1. The van der Waals surface area contributed by atoms with Gasteiger partial charge in [-0.25, -0.2) is 9.18 Å². The van der Waals surface area contributed by atoms with Gasteiger partial charge >= 0.3 is 12.0 Å². The van der Waals surface area contributed by atoms with Crippen LogP contribution in [0.5, 0.6) is 0 Å².